The van der Waals surface area contributed by atoms with Gasteiger partial charge in [0.25, 0.3) is 11.8 Å². The van der Waals surface area contributed by atoms with E-state index < -0.39 is 35.9 Å². The summed E-state index contributed by atoms with van der Waals surface area (Å²) in [5.74, 6) is -1.38. The van der Waals surface area contributed by atoms with Crippen LogP contribution in [0.4, 0.5) is 0 Å². The first-order valence-corrected chi connectivity index (χ1v) is 11.6. The molecule has 3 aliphatic heterocycles. The van der Waals surface area contributed by atoms with Gasteiger partial charge in [0.1, 0.15) is 29.8 Å². The number of carbonyl (C=O) groups is 2. The standard InChI is InChI=1S/C25H24N4O5/c1-13-14-9-11-28(20(14)27-12-26-13)23-19-25(34-24(2,3)33-19)10-8-17(18(25)32-23)29-21(30)15-6-4-5-7-16(15)22(29)31/h4-7,9,11-12,17-19,23H,8,10H2,1-3H3/t17-,18+,19-,23+,25+/m0/s1. The number of ether oxygens (including phenoxy) is 3. The Labute approximate surface area is 195 Å². The summed E-state index contributed by atoms with van der Waals surface area (Å²) in [7, 11) is 0. The van der Waals surface area contributed by atoms with Gasteiger partial charge in [-0.15, -0.1) is 0 Å². The maximum absolute atomic E-state index is 13.3. The van der Waals surface area contributed by atoms with Gasteiger partial charge in [-0.2, -0.15) is 0 Å². The van der Waals surface area contributed by atoms with Crippen molar-refractivity contribution in [2.75, 3.05) is 0 Å². The molecule has 0 unspecified atom stereocenters. The molecule has 7 rings (SSSR count). The highest BCUT2D eigenvalue weighted by Gasteiger charge is 2.72. The van der Waals surface area contributed by atoms with E-state index in [2.05, 4.69) is 9.97 Å². The summed E-state index contributed by atoms with van der Waals surface area (Å²) in [6.45, 7) is 5.73. The van der Waals surface area contributed by atoms with Crippen molar-refractivity contribution in [3.05, 3.63) is 59.7 Å². The number of aromatic nitrogens is 3. The number of amides is 2. The summed E-state index contributed by atoms with van der Waals surface area (Å²) in [6.07, 6.45) is 3.22. The normalized spacial score (nSPS) is 33.6. The van der Waals surface area contributed by atoms with Gasteiger partial charge < -0.3 is 18.8 Å². The van der Waals surface area contributed by atoms with Crippen molar-refractivity contribution in [2.24, 2.45) is 0 Å². The molecule has 5 atom stereocenters. The number of aryl methyl sites for hydroxylation is 1. The zero-order chi connectivity index (χ0) is 23.4. The molecule has 1 aliphatic carbocycles. The molecule has 1 aromatic carbocycles. The number of hydrogen-bond acceptors (Lipinski definition) is 7. The smallest absolute Gasteiger partial charge is 0.261 e. The number of rotatable bonds is 2. The lowest BCUT2D eigenvalue weighted by Gasteiger charge is -2.32. The Balaban J connectivity index is 1.31. The van der Waals surface area contributed by atoms with Gasteiger partial charge in [-0.05, 0) is 51.8 Å². The molecule has 3 aromatic rings. The second-order valence-corrected chi connectivity index (χ2v) is 9.99. The van der Waals surface area contributed by atoms with Gasteiger partial charge in [0.15, 0.2) is 12.0 Å². The van der Waals surface area contributed by atoms with E-state index in [4.69, 9.17) is 14.2 Å². The molecule has 34 heavy (non-hydrogen) atoms. The molecule has 1 spiro atoms. The second kappa shape index (κ2) is 6.50. The van der Waals surface area contributed by atoms with Crippen molar-refractivity contribution in [1.29, 1.82) is 0 Å². The minimum absolute atomic E-state index is 0.279. The number of benzene rings is 1. The van der Waals surface area contributed by atoms with Gasteiger partial charge in [0.2, 0.25) is 0 Å². The van der Waals surface area contributed by atoms with E-state index >= 15 is 0 Å². The average molecular weight is 460 g/mol. The monoisotopic (exact) mass is 460 g/mol. The lowest BCUT2D eigenvalue weighted by molar-refractivity contribution is -0.211. The fourth-order valence-corrected chi connectivity index (χ4v) is 6.37. The van der Waals surface area contributed by atoms with Crippen LogP contribution in [0.3, 0.4) is 0 Å². The molecule has 9 nitrogen and oxygen atoms in total. The Morgan fingerprint density at radius 1 is 1.03 bits per heavy atom. The minimum atomic E-state index is -0.824. The molecule has 174 valence electrons. The third-order valence-corrected chi connectivity index (χ3v) is 7.67. The van der Waals surface area contributed by atoms with Crippen LogP contribution in [-0.2, 0) is 14.2 Å². The lowest BCUT2D eigenvalue weighted by atomic mass is 9.93. The first-order valence-electron chi connectivity index (χ1n) is 11.6. The first-order chi connectivity index (χ1) is 16.3. The molecule has 2 amide bonds. The predicted molar refractivity (Wildman–Crippen MR) is 119 cm³/mol. The van der Waals surface area contributed by atoms with Crippen LogP contribution in [0.2, 0.25) is 0 Å². The van der Waals surface area contributed by atoms with Gasteiger partial charge >= 0.3 is 0 Å². The Bertz CT molecular complexity index is 1350. The summed E-state index contributed by atoms with van der Waals surface area (Å²) in [4.78, 5) is 36.7. The van der Waals surface area contributed by atoms with Crippen molar-refractivity contribution in [1.82, 2.24) is 19.4 Å². The predicted octanol–water partition coefficient (Wildman–Crippen LogP) is 2.99. The average Bonchev–Trinajstić information content (AvgIpc) is 3.55. The highest BCUT2D eigenvalue weighted by atomic mass is 16.8. The summed E-state index contributed by atoms with van der Waals surface area (Å²) in [5, 5.41) is 0.937. The fourth-order valence-electron chi connectivity index (χ4n) is 6.37. The summed E-state index contributed by atoms with van der Waals surface area (Å²) >= 11 is 0. The van der Waals surface area contributed by atoms with Crippen LogP contribution < -0.4 is 0 Å². The SMILES string of the molecule is Cc1ncnc2c1ccn2[C@@H]1O[C@@H]2[C@@H](N3C(=O)c4ccccc4C3=O)CC[C@@]23OC(C)(C)O[C@@H]13. The highest BCUT2D eigenvalue weighted by Crippen LogP contribution is 2.58. The second-order valence-electron chi connectivity index (χ2n) is 9.99. The minimum Gasteiger partial charge on any atom is -0.347 e. The lowest BCUT2D eigenvalue weighted by Crippen LogP contribution is -2.51. The van der Waals surface area contributed by atoms with E-state index in [0.29, 0.717) is 24.0 Å². The van der Waals surface area contributed by atoms with Crippen LogP contribution in [0.25, 0.3) is 11.0 Å². The molecule has 1 saturated carbocycles. The van der Waals surface area contributed by atoms with E-state index in [-0.39, 0.29) is 11.8 Å². The summed E-state index contributed by atoms with van der Waals surface area (Å²) < 4.78 is 21.6. The van der Waals surface area contributed by atoms with Crippen molar-refractivity contribution in [2.45, 2.75) is 69.5 Å². The van der Waals surface area contributed by atoms with Crippen LogP contribution in [0.1, 0.15) is 59.3 Å². The van der Waals surface area contributed by atoms with Crippen molar-refractivity contribution >= 4 is 22.8 Å². The van der Waals surface area contributed by atoms with E-state index in [1.807, 2.05) is 37.6 Å². The molecular formula is C25H24N4O5. The zero-order valence-corrected chi connectivity index (χ0v) is 19.1. The van der Waals surface area contributed by atoms with E-state index in [0.717, 1.165) is 16.7 Å². The van der Waals surface area contributed by atoms with Crippen LogP contribution in [-0.4, -0.2) is 60.9 Å². The Kier molecular flexibility index (Phi) is 3.87. The molecule has 3 fully saturated rings. The first kappa shape index (κ1) is 20.3. The third kappa shape index (κ3) is 2.44. The van der Waals surface area contributed by atoms with Gasteiger partial charge in [-0.25, -0.2) is 9.97 Å². The highest BCUT2D eigenvalue weighted by molar-refractivity contribution is 6.21. The zero-order valence-electron chi connectivity index (χ0n) is 19.1. The number of nitrogens with zero attached hydrogens (tertiary/aromatic N) is 4. The van der Waals surface area contributed by atoms with Gasteiger partial charge in [0, 0.05) is 11.6 Å². The Hall–Kier alpha value is -3.14. The van der Waals surface area contributed by atoms with Crippen LogP contribution >= 0.6 is 0 Å². The fraction of sp³-hybridized carbons (Fsp3) is 0.440. The molecule has 2 saturated heterocycles. The molecular weight excluding hydrogens is 436 g/mol. The van der Waals surface area contributed by atoms with E-state index in [1.165, 1.54) is 11.2 Å². The van der Waals surface area contributed by atoms with Gasteiger partial charge in [-0.1, -0.05) is 12.1 Å². The molecule has 5 heterocycles. The maximum atomic E-state index is 13.3. The van der Waals surface area contributed by atoms with Gasteiger partial charge in [-0.3, -0.25) is 14.5 Å². The van der Waals surface area contributed by atoms with Crippen LogP contribution in [0.5, 0.6) is 0 Å². The largest absolute Gasteiger partial charge is 0.347 e. The molecule has 4 aliphatic rings. The molecule has 0 radical (unpaired) electrons. The Morgan fingerprint density at radius 2 is 1.76 bits per heavy atom. The number of carbonyl (C=O) groups excluding carboxylic acids is 2. The number of fused-ring (bicyclic) bond motifs is 2. The topological polar surface area (TPSA) is 95.8 Å². The third-order valence-electron chi connectivity index (χ3n) is 7.67. The van der Waals surface area contributed by atoms with Crippen molar-refractivity contribution in [3.63, 3.8) is 0 Å². The summed E-state index contributed by atoms with van der Waals surface area (Å²) in [6, 6.07) is 8.48. The Morgan fingerprint density at radius 3 is 2.50 bits per heavy atom. The van der Waals surface area contributed by atoms with Crippen molar-refractivity contribution in [3.8, 4) is 0 Å². The molecule has 0 N–H and O–H groups in total. The van der Waals surface area contributed by atoms with E-state index in [9.17, 15) is 9.59 Å². The van der Waals surface area contributed by atoms with Crippen LogP contribution in [0.15, 0.2) is 42.9 Å². The van der Waals surface area contributed by atoms with Crippen molar-refractivity contribution < 1.29 is 23.8 Å². The molecule has 9 heteroatoms. The number of hydrogen-bond donors (Lipinski definition) is 0. The van der Waals surface area contributed by atoms with E-state index in [1.54, 1.807) is 24.3 Å². The van der Waals surface area contributed by atoms with Crippen LogP contribution in [0, 0.1) is 6.92 Å². The maximum Gasteiger partial charge on any atom is 0.261 e. The number of imide groups is 1. The molecule has 2 aromatic heterocycles. The van der Waals surface area contributed by atoms with Gasteiger partial charge in [0.05, 0.1) is 22.9 Å². The molecule has 0 bridgehead atoms. The quantitative estimate of drug-likeness (QED) is 0.543. The summed E-state index contributed by atoms with van der Waals surface area (Å²) in [5.41, 5.74) is 1.73.